The third-order valence-electron chi connectivity index (χ3n) is 7.07. The van der Waals surface area contributed by atoms with Gasteiger partial charge in [0.25, 0.3) is 10.0 Å². The minimum absolute atomic E-state index is 0.0422. The van der Waals surface area contributed by atoms with E-state index in [-0.39, 0.29) is 40.1 Å². The fourth-order valence-corrected chi connectivity index (χ4v) is 6.55. The van der Waals surface area contributed by atoms with Crippen LogP contribution in [0.3, 0.4) is 0 Å². The number of rotatable bonds is 7. The first-order chi connectivity index (χ1) is 17.8. The van der Waals surface area contributed by atoms with Crippen LogP contribution in [0.1, 0.15) is 52.5 Å². The first-order valence-corrected chi connectivity index (χ1v) is 14.0. The first-order valence-electron chi connectivity index (χ1n) is 12.6. The highest BCUT2D eigenvalue weighted by Crippen LogP contribution is 2.39. The molecule has 0 spiro atoms. The molecule has 2 heterocycles. The van der Waals surface area contributed by atoms with Crippen LogP contribution >= 0.6 is 0 Å². The summed E-state index contributed by atoms with van der Waals surface area (Å²) in [5, 5.41) is 9.78. The Morgan fingerprint density at radius 2 is 1.84 bits per heavy atom. The molecule has 3 atom stereocenters. The van der Waals surface area contributed by atoms with Crippen molar-refractivity contribution < 1.29 is 23.1 Å². The Hall–Kier alpha value is -3.67. The van der Waals surface area contributed by atoms with Crippen LogP contribution in [0.2, 0.25) is 0 Å². The number of aryl methyl sites for hydroxylation is 1. The van der Waals surface area contributed by atoms with Gasteiger partial charge in [-0.05, 0) is 64.7 Å². The van der Waals surface area contributed by atoms with Crippen molar-refractivity contribution in [2.45, 2.75) is 70.4 Å². The summed E-state index contributed by atoms with van der Waals surface area (Å²) in [5.74, 6) is -0.319. The van der Waals surface area contributed by atoms with Gasteiger partial charge < -0.3 is 10.0 Å². The fourth-order valence-electron chi connectivity index (χ4n) is 5.25. The lowest BCUT2D eigenvalue weighted by Gasteiger charge is -2.38. The predicted molar refractivity (Wildman–Crippen MR) is 143 cm³/mol. The van der Waals surface area contributed by atoms with Gasteiger partial charge in [-0.15, -0.1) is 0 Å². The zero-order valence-corrected chi connectivity index (χ0v) is 23.0. The lowest BCUT2D eigenvalue weighted by molar-refractivity contribution is -0.125. The van der Waals surface area contributed by atoms with Crippen molar-refractivity contribution in [3.8, 4) is 0 Å². The van der Waals surface area contributed by atoms with E-state index < -0.39 is 21.7 Å². The van der Waals surface area contributed by atoms with Crippen molar-refractivity contribution in [2.75, 3.05) is 5.43 Å². The van der Waals surface area contributed by atoms with Crippen LogP contribution in [0.5, 0.6) is 0 Å². The summed E-state index contributed by atoms with van der Waals surface area (Å²) in [6.07, 6.45) is 3.56. The highest BCUT2D eigenvalue weighted by atomic mass is 32.2. The Kier molecular flexibility index (Phi) is 7.37. The molecule has 1 aliphatic rings. The molecule has 0 saturated heterocycles. The lowest BCUT2D eigenvalue weighted by Crippen LogP contribution is -2.50. The molecule has 0 radical (unpaired) electrons. The van der Waals surface area contributed by atoms with Crippen LogP contribution in [0.4, 0.5) is 10.6 Å². The fraction of sp³-hybridized carbons (Fsp3) is 0.462. The van der Waals surface area contributed by atoms with E-state index in [1.807, 2.05) is 34.6 Å². The summed E-state index contributed by atoms with van der Waals surface area (Å²) in [7, 11) is -3.85. The minimum Gasteiger partial charge on any atom is -0.465 e. The monoisotopic (exact) mass is 542 g/mol. The summed E-state index contributed by atoms with van der Waals surface area (Å²) in [5.41, 5.74) is 6.35. The van der Waals surface area contributed by atoms with E-state index in [1.54, 1.807) is 30.3 Å². The second kappa shape index (κ2) is 10.2. The van der Waals surface area contributed by atoms with Crippen molar-refractivity contribution >= 4 is 39.0 Å². The van der Waals surface area contributed by atoms with E-state index in [0.717, 1.165) is 16.0 Å². The number of benzene rings is 1. The summed E-state index contributed by atoms with van der Waals surface area (Å²) in [4.78, 5) is 35.3. The molecular weight excluding hydrogens is 508 g/mol. The largest absolute Gasteiger partial charge is 0.465 e. The average Bonchev–Trinajstić information content (AvgIpc) is 3.46. The third kappa shape index (κ3) is 5.31. The van der Waals surface area contributed by atoms with Gasteiger partial charge >= 0.3 is 6.09 Å². The van der Waals surface area contributed by atoms with Crippen molar-refractivity contribution in [1.29, 1.82) is 0 Å². The Bertz CT molecular complexity index is 1450. The van der Waals surface area contributed by atoms with Crippen LogP contribution in [0.25, 0.3) is 11.2 Å². The molecule has 38 heavy (non-hydrogen) atoms. The van der Waals surface area contributed by atoms with E-state index >= 15 is 0 Å². The number of aromatic nitrogens is 3. The molecule has 12 heteroatoms. The molecule has 1 aliphatic carbocycles. The molecule has 1 saturated carbocycles. The van der Waals surface area contributed by atoms with Gasteiger partial charge in [0.1, 0.15) is 5.52 Å². The van der Waals surface area contributed by atoms with Crippen LogP contribution in [0.15, 0.2) is 47.6 Å². The predicted octanol–water partition coefficient (Wildman–Crippen LogP) is 4.00. The standard InChI is InChI=1S/C26H34N6O5S/c1-6-17-13-18(32(25(34)35)26(3,4)5)14-20(17)24(33)30-29-22-15-27-23-21(28-22)11-12-31(23)38(36,37)19-9-7-16(2)8-10-19/h7-12,15,17-18,20H,6,13-14H2,1-5H3,(H,28,29)(H,30,33)(H,34,35). The molecule has 3 N–H and O–H groups in total. The number of amides is 2. The van der Waals surface area contributed by atoms with Crippen LogP contribution in [-0.2, 0) is 14.8 Å². The molecule has 0 bridgehead atoms. The number of hydrazine groups is 1. The summed E-state index contributed by atoms with van der Waals surface area (Å²) in [6, 6.07) is 7.84. The number of fused-ring (bicyclic) bond motifs is 1. The second-order valence-electron chi connectivity index (χ2n) is 10.7. The Balaban J connectivity index is 1.47. The van der Waals surface area contributed by atoms with Gasteiger partial charge in [0.2, 0.25) is 5.91 Å². The number of nitrogens with one attached hydrogen (secondary N) is 2. The number of hydrogen-bond acceptors (Lipinski definition) is 7. The van der Waals surface area contributed by atoms with E-state index in [4.69, 9.17) is 0 Å². The first kappa shape index (κ1) is 27.4. The van der Waals surface area contributed by atoms with Gasteiger partial charge in [0, 0.05) is 23.7 Å². The smallest absolute Gasteiger partial charge is 0.407 e. The second-order valence-corrected chi connectivity index (χ2v) is 12.5. The third-order valence-corrected chi connectivity index (χ3v) is 8.75. The highest BCUT2D eigenvalue weighted by molar-refractivity contribution is 7.90. The molecule has 1 fully saturated rings. The zero-order valence-electron chi connectivity index (χ0n) is 22.2. The SMILES string of the molecule is CCC1CC(N(C(=O)O)C(C)(C)C)CC1C(=O)NNc1cnc2c(ccn2S(=O)(=O)c2ccc(C)cc2)n1. The van der Waals surface area contributed by atoms with Gasteiger partial charge in [-0.3, -0.25) is 15.6 Å². The quantitative estimate of drug-likeness (QED) is 0.380. The lowest BCUT2D eigenvalue weighted by atomic mass is 9.93. The molecule has 3 aromatic rings. The number of carboxylic acid groups (broad SMARTS) is 1. The van der Waals surface area contributed by atoms with Gasteiger partial charge in [-0.1, -0.05) is 31.0 Å². The molecule has 3 unspecified atom stereocenters. The molecule has 2 amide bonds. The summed E-state index contributed by atoms with van der Waals surface area (Å²) in [6.45, 7) is 9.43. The molecule has 1 aromatic carbocycles. The van der Waals surface area contributed by atoms with E-state index in [2.05, 4.69) is 20.8 Å². The number of nitrogens with zero attached hydrogens (tertiary/aromatic N) is 4. The highest BCUT2D eigenvalue weighted by Gasteiger charge is 2.44. The number of hydrogen-bond donors (Lipinski definition) is 3. The molecule has 4 rings (SSSR count). The van der Waals surface area contributed by atoms with Crippen molar-refractivity contribution in [2.24, 2.45) is 11.8 Å². The average molecular weight is 543 g/mol. The number of carbonyl (C=O) groups is 2. The van der Waals surface area contributed by atoms with Gasteiger partial charge in [0.15, 0.2) is 11.5 Å². The minimum atomic E-state index is -3.85. The molecular formula is C26H34N6O5S. The molecule has 11 nitrogen and oxygen atoms in total. The van der Waals surface area contributed by atoms with E-state index in [1.165, 1.54) is 17.3 Å². The maximum atomic E-state index is 13.1. The van der Waals surface area contributed by atoms with Crippen molar-refractivity contribution in [3.05, 3.63) is 48.3 Å². The van der Waals surface area contributed by atoms with Crippen LogP contribution < -0.4 is 10.9 Å². The van der Waals surface area contributed by atoms with E-state index in [0.29, 0.717) is 18.4 Å². The number of carbonyl (C=O) groups excluding carboxylic acids is 1. The summed E-state index contributed by atoms with van der Waals surface area (Å²) >= 11 is 0. The maximum Gasteiger partial charge on any atom is 0.407 e. The van der Waals surface area contributed by atoms with Crippen LogP contribution in [-0.4, -0.2) is 55.9 Å². The topological polar surface area (TPSA) is 147 Å². The molecule has 204 valence electrons. The van der Waals surface area contributed by atoms with Crippen molar-refractivity contribution in [3.63, 3.8) is 0 Å². The van der Waals surface area contributed by atoms with E-state index in [9.17, 15) is 23.1 Å². The van der Waals surface area contributed by atoms with Crippen molar-refractivity contribution in [1.82, 2.24) is 24.3 Å². The number of anilines is 1. The van der Waals surface area contributed by atoms with Gasteiger partial charge in [0.05, 0.1) is 11.1 Å². The molecule has 0 aliphatic heterocycles. The van der Waals surface area contributed by atoms with Gasteiger partial charge in [-0.2, -0.15) is 0 Å². The normalized spacial score (nSPS) is 19.9. The molecule has 2 aromatic heterocycles. The zero-order chi connectivity index (χ0) is 27.8. The maximum absolute atomic E-state index is 13.1. The Morgan fingerprint density at radius 3 is 2.45 bits per heavy atom. The summed E-state index contributed by atoms with van der Waals surface area (Å²) < 4.78 is 27.3. The Morgan fingerprint density at radius 1 is 1.16 bits per heavy atom. The Labute approximate surface area is 222 Å². The van der Waals surface area contributed by atoms with Gasteiger partial charge in [-0.25, -0.2) is 27.2 Å². The van der Waals surface area contributed by atoms with Crippen LogP contribution in [0, 0.1) is 18.8 Å².